The molecule has 0 atom stereocenters. The van der Waals surface area contributed by atoms with Crippen molar-refractivity contribution in [1.82, 2.24) is 19.5 Å². The molecule has 0 radical (unpaired) electrons. The van der Waals surface area contributed by atoms with Gasteiger partial charge >= 0.3 is 0 Å². The van der Waals surface area contributed by atoms with E-state index in [1.165, 1.54) is 11.8 Å². The molecule has 8 nitrogen and oxygen atoms in total. The van der Waals surface area contributed by atoms with Crippen molar-refractivity contribution in [1.29, 1.82) is 0 Å². The smallest absolute Gasteiger partial charge is 0.282 e. The zero-order valence-electron chi connectivity index (χ0n) is 17.0. The van der Waals surface area contributed by atoms with Crippen molar-refractivity contribution in [3.8, 4) is 5.75 Å². The van der Waals surface area contributed by atoms with Crippen LogP contribution < -0.4 is 21.0 Å². The first-order valence-electron chi connectivity index (χ1n) is 10.0. The maximum atomic E-state index is 12.3. The molecule has 1 fully saturated rings. The van der Waals surface area contributed by atoms with Crippen LogP contribution in [0.2, 0.25) is 0 Å². The van der Waals surface area contributed by atoms with Crippen LogP contribution in [0.25, 0.3) is 11.0 Å². The van der Waals surface area contributed by atoms with Crippen LogP contribution in [0.4, 0.5) is 5.69 Å². The number of para-hydroxylation sites is 2. The number of fused-ring (bicyclic) bond motifs is 1. The fraction of sp³-hybridized carbons (Fsp3) is 0.381. The molecule has 158 valence electrons. The van der Waals surface area contributed by atoms with Gasteiger partial charge in [-0.25, -0.2) is 14.6 Å². The number of ether oxygens (including phenoxy) is 1. The van der Waals surface area contributed by atoms with E-state index in [0.717, 1.165) is 61.0 Å². The van der Waals surface area contributed by atoms with Crippen molar-refractivity contribution in [2.75, 3.05) is 56.3 Å². The Morgan fingerprint density at radius 2 is 1.93 bits per heavy atom. The van der Waals surface area contributed by atoms with Crippen molar-refractivity contribution in [3.05, 3.63) is 52.9 Å². The van der Waals surface area contributed by atoms with E-state index >= 15 is 0 Å². The fourth-order valence-electron chi connectivity index (χ4n) is 3.67. The van der Waals surface area contributed by atoms with Gasteiger partial charge in [-0.2, -0.15) is 0 Å². The SMILES string of the molecule is COc1ccccc1N1CCN(CCCSc2nc3ncccc3c(=O)n2N)CC1. The molecular weight excluding hydrogens is 400 g/mol. The first-order valence-corrected chi connectivity index (χ1v) is 11.0. The minimum Gasteiger partial charge on any atom is -0.495 e. The third kappa shape index (κ3) is 4.36. The predicted molar refractivity (Wildman–Crippen MR) is 121 cm³/mol. The number of pyridine rings is 1. The second-order valence-electron chi connectivity index (χ2n) is 7.15. The molecule has 4 rings (SSSR count). The van der Waals surface area contributed by atoms with Crippen molar-refractivity contribution < 1.29 is 4.74 Å². The van der Waals surface area contributed by atoms with E-state index in [-0.39, 0.29) is 5.56 Å². The molecule has 0 spiro atoms. The van der Waals surface area contributed by atoms with Crippen LogP contribution in [-0.2, 0) is 0 Å². The van der Waals surface area contributed by atoms with Crippen LogP contribution in [0.1, 0.15) is 6.42 Å². The van der Waals surface area contributed by atoms with Gasteiger partial charge in [0.1, 0.15) is 5.75 Å². The average Bonchev–Trinajstić information content (AvgIpc) is 2.80. The van der Waals surface area contributed by atoms with E-state index in [9.17, 15) is 4.79 Å². The summed E-state index contributed by atoms with van der Waals surface area (Å²) in [4.78, 5) is 25.8. The van der Waals surface area contributed by atoms with Crippen molar-refractivity contribution in [3.63, 3.8) is 0 Å². The predicted octanol–water partition coefficient (Wildman–Crippen LogP) is 1.82. The number of aromatic nitrogens is 3. The van der Waals surface area contributed by atoms with Crippen LogP contribution in [0.3, 0.4) is 0 Å². The molecule has 0 unspecified atom stereocenters. The number of anilines is 1. The summed E-state index contributed by atoms with van der Waals surface area (Å²) in [6, 6.07) is 11.6. The molecule has 1 saturated heterocycles. The molecule has 3 heterocycles. The molecule has 0 aliphatic carbocycles. The van der Waals surface area contributed by atoms with Gasteiger partial charge in [0, 0.05) is 38.1 Å². The largest absolute Gasteiger partial charge is 0.495 e. The Hall–Kier alpha value is -2.78. The van der Waals surface area contributed by atoms with E-state index < -0.39 is 0 Å². The zero-order chi connectivity index (χ0) is 20.9. The van der Waals surface area contributed by atoms with Crippen molar-refractivity contribution in [2.45, 2.75) is 11.6 Å². The van der Waals surface area contributed by atoms with Gasteiger partial charge in [0.25, 0.3) is 5.56 Å². The van der Waals surface area contributed by atoms with Crippen LogP contribution in [0.5, 0.6) is 5.75 Å². The molecule has 1 aliphatic heterocycles. The normalized spacial score (nSPS) is 14.9. The summed E-state index contributed by atoms with van der Waals surface area (Å²) in [5.41, 5.74) is 1.34. The quantitative estimate of drug-likeness (QED) is 0.265. The highest BCUT2D eigenvalue weighted by Crippen LogP contribution is 2.28. The van der Waals surface area contributed by atoms with Gasteiger partial charge < -0.3 is 15.5 Å². The first-order chi connectivity index (χ1) is 14.7. The number of rotatable bonds is 7. The van der Waals surface area contributed by atoms with Crippen LogP contribution >= 0.6 is 11.8 Å². The Balaban J connectivity index is 1.27. The molecule has 0 amide bonds. The van der Waals surface area contributed by atoms with E-state index in [1.807, 2.05) is 12.1 Å². The molecule has 9 heteroatoms. The van der Waals surface area contributed by atoms with Crippen LogP contribution in [0, 0.1) is 0 Å². The van der Waals surface area contributed by atoms with E-state index in [2.05, 4.69) is 31.9 Å². The summed E-state index contributed by atoms with van der Waals surface area (Å²) >= 11 is 1.50. The van der Waals surface area contributed by atoms with Gasteiger partial charge in [-0.3, -0.25) is 9.69 Å². The molecule has 2 N–H and O–H groups in total. The summed E-state index contributed by atoms with van der Waals surface area (Å²) in [6.07, 6.45) is 2.63. The summed E-state index contributed by atoms with van der Waals surface area (Å²) < 4.78 is 6.61. The summed E-state index contributed by atoms with van der Waals surface area (Å²) in [7, 11) is 1.72. The Morgan fingerprint density at radius 1 is 1.13 bits per heavy atom. The number of hydrogen-bond acceptors (Lipinski definition) is 8. The molecule has 1 aromatic carbocycles. The van der Waals surface area contributed by atoms with Crippen molar-refractivity contribution >= 4 is 28.5 Å². The van der Waals surface area contributed by atoms with Gasteiger partial charge in [-0.05, 0) is 37.2 Å². The van der Waals surface area contributed by atoms with Crippen LogP contribution in [0.15, 0.2) is 52.5 Å². The number of hydrogen-bond donors (Lipinski definition) is 1. The van der Waals surface area contributed by atoms with Crippen molar-refractivity contribution in [2.24, 2.45) is 0 Å². The second-order valence-corrected chi connectivity index (χ2v) is 8.21. The van der Waals surface area contributed by atoms with E-state index in [4.69, 9.17) is 10.6 Å². The molecular formula is C21H26N6O2S. The Kier molecular flexibility index (Phi) is 6.39. The van der Waals surface area contributed by atoms with Crippen LogP contribution in [-0.4, -0.2) is 65.1 Å². The standard InChI is InChI=1S/C21H26N6O2S/c1-29-18-8-3-2-7-17(18)26-13-11-25(12-14-26)10-5-15-30-21-24-19-16(6-4-9-23-19)20(28)27(21)22/h2-4,6-9H,5,10-15,22H2,1H3. The van der Waals surface area contributed by atoms with E-state index in [0.29, 0.717) is 16.2 Å². The number of methoxy groups -OCH3 is 1. The summed E-state index contributed by atoms with van der Waals surface area (Å²) in [5, 5.41) is 0.949. The third-order valence-electron chi connectivity index (χ3n) is 5.29. The maximum absolute atomic E-state index is 12.3. The third-order valence-corrected chi connectivity index (χ3v) is 6.33. The highest BCUT2D eigenvalue weighted by Gasteiger charge is 2.19. The van der Waals surface area contributed by atoms with Gasteiger partial charge in [0.2, 0.25) is 0 Å². The minimum atomic E-state index is -0.261. The second kappa shape index (κ2) is 9.36. The first kappa shape index (κ1) is 20.5. The number of nitrogens with two attached hydrogens (primary N) is 1. The Morgan fingerprint density at radius 3 is 2.73 bits per heavy atom. The summed E-state index contributed by atoms with van der Waals surface area (Å²) in [5.74, 6) is 7.70. The van der Waals surface area contributed by atoms with Gasteiger partial charge in [0.15, 0.2) is 10.8 Å². The van der Waals surface area contributed by atoms with Gasteiger partial charge in [-0.1, -0.05) is 23.9 Å². The Bertz CT molecular complexity index is 1060. The maximum Gasteiger partial charge on any atom is 0.282 e. The lowest BCUT2D eigenvalue weighted by atomic mass is 10.2. The number of nitrogens with zero attached hydrogens (tertiary/aromatic N) is 5. The lowest BCUT2D eigenvalue weighted by molar-refractivity contribution is 0.258. The lowest BCUT2D eigenvalue weighted by Gasteiger charge is -2.36. The van der Waals surface area contributed by atoms with E-state index in [1.54, 1.807) is 25.4 Å². The van der Waals surface area contributed by atoms with Gasteiger partial charge in [0.05, 0.1) is 18.2 Å². The monoisotopic (exact) mass is 426 g/mol. The molecule has 0 bridgehead atoms. The molecule has 0 saturated carbocycles. The highest BCUT2D eigenvalue weighted by atomic mass is 32.2. The number of nitrogen functional groups attached to an aromatic ring is 1. The average molecular weight is 427 g/mol. The molecule has 1 aliphatic rings. The minimum absolute atomic E-state index is 0.261. The molecule has 30 heavy (non-hydrogen) atoms. The lowest BCUT2D eigenvalue weighted by Crippen LogP contribution is -2.46. The van der Waals surface area contributed by atoms with Gasteiger partial charge in [-0.15, -0.1) is 0 Å². The number of piperazine rings is 1. The highest BCUT2D eigenvalue weighted by molar-refractivity contribution is 7.99. The fourth-order valence-corrected chi connectivity index (χ4v) is 4.50. The summed E-state index contributed by atoms with van der Waals surface area (Å²) in [6.45, 7) is 5.00. The number of benzene rings is 1. The Labute approximate surface area is 179 Å². The zero-order valence-corrected chi connectivity index (χ0v) is 17.8. The number of thioether (sulfide) groups is 1. The molecule has 2 aromatic heterocycles. The topological polar surface area (TPSA) is 89.5 Å². The molecule has 3 aromatic rings.